The van der Waals surface area contributed by atoms with Crippen molar-refractivity contribution in [2.24, 2.45) is 5.92 Å². The van der Waals surface area contributed by atoms with Gasteiger partial charge in [0.1, 0.15) is 5.75 Å². The van der Waals surface area contributed by atoms with Crippen molar-refractivity contribution in [1.29, 1.82) is 0 Å². The van der Waals surface area contributed by atoms with Crippen molar-refractivity contribution < 1.29 is 14.6 Å². The first-order chi connectivity index (χ1) is 11.1. The summed E-state index contributed by atoms with van der Waals surface area (Å²) in [7, 11) is 0. The van der Waals surface area contributed by atoms with E-state index in [1.807, 2.05) is 0 Å². The van der Waals surface area contributed by atoms with Gasteiger partial charge >= 0.3 is 0 Å². The molecule has 23 heavy (non-hydrogen) atoms. The number of halogens is 2. The van der Waals surface area contributed by atoms with Crippen molar-refractivity contribution in [2.45, 2.75) is 37.5 Å². The Balaban J connectivity index is 1.80. The van der Waals surface area contributed by atoms with Crippen LogP contribution in [0.3, 0.4) is 0 Å². The summed E-state index contributed by atoms with van der Waals surface area (Å²) in [4.78, 5) is 2.34. The molecule has 1 N–H and O–H groups in total. The largest absolute Gasteiger partial charge is 0.470 e. The Hall–Kier alpha value is -0.520. The van der Waals surface area contributed by atoms with E-state index in [0.29, 0.717) is 29.0 Å². The summed E-state index contributed by atoms with van der Waals surface area (Å²) in [5.74, 6) is 0.629. The summed E-state index contributed by atoms with van der Waals surface area (Å²) < 4.78 is 12.0. The molecule has 2 aliphatic heterocycles. The van der Waals surface area contributed by atoms with E-state index in [0.717, 1.165) is 44.3 Å². The Morgan fingerprint density at radius 2 is 1.96 bits per heavy atom. The topological polar surface area (TPSA) is 41.9 Å². The molecule has 0 spiro atoms. The van der Waals surface area contributed by atoms with E-state index < -0.39 is 11.8 Å². The van der Waals surface area contributed by atoms with Gasteiger partial charge in [-0.25, -0.2) is 0 Å². The quantitative estimate of drug-likeness (QED) is 0.832. The van der Waals surface area contributed by atoms with Crippen molar-refractivity contribution in [3.05, 3.63) is 27.7 Å². The van der Waals surface area contributed by atoms with E-state index in [9.17, 15) is 5.11 Å². The number of benzene rings is 1. The van der Waals surface area contributed by atoms with Gasteiger partial charge in [-0.05, 0) is 25.0 Å². The van der Waals surface area contributed by atoms with Gasteiger partial charge in [-0.3, -0.25) is 4.90 Å². The molecule has 1 aliphatic carbocycles. The minimum Gasteiger partial charge on any atom is -0.470 e. The molecule has 0 aromatic heterocycles. The second kappa shape index (κ2) is 6.08. The Morgan fingerprint density at radius 3 is 2.74 bits per heavy atom. The zero-order valence-corrected chi connectivity index (χ0v) is 14.4. The number of morpholine rings is 1. The fraction of sp³-hybridized carbons (Fsp3) is 0.647. The highest BCUT2D eigenvalue weighted by Gasteiger charge is 2.54. The summed E-state index contributed by atoms with van der Waals surface area (Å²) in [6, 6.07) is 3.47. The minimum atomic E-state index is -0.599. The summed E-state index contributed by atoms with van der Waals surface area (Å²) in [5, 5.41) is 12.1. The van der Waals surface area contributed by atoms with Crippen LogP contribution in [0.2, 0.25) is 10.0 Å². The van der Waals surface area contributed by atoms with Crippen LogP contribution in [-0.2, 0) is 4.74 Å². The van der Waals surface area contributed by atoms with Crippen LogP contribution in [0.5, 0.6) is 5.75 Å². The van der Waals surface area contributed by atoms with Crippen molar-refractivity contribution >= 4 is 23.2 Å². The molecule has 1 saturated heterocycles. The van der Waals surface area contributed by atoms with E-state index >= 15 is 0 Å². The Morgan fingerprint density at radius 1 is 1.17 bits per heavy atom. The van der Waals surface area contributed by atoms with Gasteiger partial charge in [0.2, 0.25) is 0 Å². The first-order valence-corrected chi connectivity index (χ1v) is 9.06. The van der Waals surface area contributed by atoms with Crippen molar-refractivity contribution in [3.8, 4) is 5.75 Å². The molecule has 6 heteroatoms. The lowest BCUT2D eigenvalue weighted by Crippen LogP contribution is -2.64. The van der Waals surface area contributed by atoms with Crippen LogP contribution >= 0.6 is 23.2 Å². The fourth-order valence-corrected chi connectivity index (χ4v) is 4.93. The average molecular weight is 358 g/mol. The van der Waals surface area contributed by atoms with Crippen LogP contribution in [0, 0.1) is 5.92 Å². The zero-order chi connectivity index (χ0) is 16.0. The predicted octanol–water partition coefficient (Wildman–Crippen LogP) is 3.64. The lowest BCUT2D eigenvalue weighted by molar-refractivity contribution is -0.206. The molecule has 0 bridgehead atoms. The molecule has 2 heterocycles. The van der Waals surface area contributed by atoms with Crippen LogP contribution in [-0.4, -0.2) is 42.0 Å². The van der Waals surface area contributed by atoms with E-state index in [-0.39, 0.29) is 5.92 Å². The summed E-state index contributed by atoms with van der Waals surface area (Å²) >= 11 is 12.5. The lowest BCUT2D eigenvalue weighted by Gasteiger charge is -2.55. The van der Waals surface area contributed by atoms with Gasteiger partial charge in [0.15, 0.2) is 5.72 Å². The molecule has 0 radical (unpaired) electrons. The second-order valence-corrected chi connectivity index (χ2v) is 7.49. The molecule has 1 aromatic carbocycles. The minimum absolute atomic E-state index is 0.0383. The molecule has 3 aliphatic rings. The van der Waals surface area contributed by atoms with Crippen molar-refractivity contribution in [1.82, 2.24) is 4.90 Å². The molecule has 126 valence electrons. The third kappa shape index (κ3) is 2.56. The number of hydrogen-bond acceptors (Lipinski definition) is 4. The fourth-order valence-electron chi connectivity index (χ4n) is 4.38. The first-order valence-electron chi connectivity index (χ1n) is 8.31. The molecular formula is C17H21Cl2NO3. The molecule has 3 atom stereocenters. The second-order valence-electron chi connectivity index (χ2n) is 6.65. The van der Waals surface area contributed by atoms with Gasteiger partial charge in [0.25, 0.3) is 0 Å². The van der Waals surface area contributed by atoms with Gasteiger partial charge in [-0.1, -0.05) is 29.6 Å². The van der Waals surface area contributed by atoms with E-state index in [2.05, 4.69) is 4.90 Å². The SMILES string of the molecule is O[C@@H]1c2cc(Cl)cc(Cl)c2O[C@]2(N3CCOCC3)CCCC[C@H]12. The molecule has 0 amide bonds. The number of fused-ring (bicyclic) bond motifs is 2. The maximum atomic E-state index is 11.0. The van der Waals surface area contributed by atoms with Crippen molar-refractivity contribution in [2.75, 3.05) is 26.3 Å². The van der Waals surface area contributed by atoms with Crippen LogP contribution in [0.1, 0.15) is 37.4 Å². The molecule has 4 rings (SSSR count). The van der Waals surface area contributed by atoms with E-state index in [4.69, 9.17) is 32.7 Å². The number of ether oxygens (including phenoxy) is 2. The van der Waals surface area contributed by atoms with Gasteiger partial charge in [0.05, 0.1) is 24.3 Å². The molecule has 4 nitrogen and oxygen atoms in total. The molecule has 0 unspecified atom stereocenters. The van der Waals surface area contributed by atoms with Crippen LogP contribution in [0.4, 0.5) is 0 Å². The first kappa shape index (κ1) is 16.0. The molecule has 1 saturated carbocycles. The smallest absolute Gasteiger partial charge is 0.169 e. The number of aliphatic hydroxyl groups excluding tert-OH is 1. The third-order valence-corrected chi connectivity index (χ3v) is 5.94. The highest BCUT2D eigenvalue weighted by molar-refractivity contribution is 6.35. The maximum Gasteiger partial charge on any atom is 0.169 e. The van der Waals surface area contributed by atoms with Gasteiger partial charge < -0.3 is 14.6 Å². The normalized spacial score (nSPS) is 34.4. The van der Waals surface area contributed by atoms with Crippen LogP contribution < -0.4 is 4.74 Å². The molecule has 2 fully saturated rings. The van der Waals surface area contributed by atoms with E-state index in [1.54, 1.807) is 12.1 Å². The highest BCUT2D eigenvalue weighted by Crippen LogP contribution is 2.54. The maximum absolute atomic E-state index is 11.0. The monoisotopic (exact) mass is 357 g/mol. The number of hydrogen-bond donors (Lipinski definition) is 1. The lowest BCUT2D eigenvalue weighted by atomic mass is 9.73. The predicted molar refractivity (Wildman–Crippen MR) is 89.1 cm³/mol. The molecular weight excluding hydrogens is 337 g/mol. The Bertz CT molecular complexity index is 606. The Kier molecular flexibility index (Phi) is 4.23. The highest BCUT2D eigenvalue weighted by atomic mass is 35.5. The summed E-state index contributed by atoms with van der Waals surface area (Å²) in [5.41, 5.74) is 0.240. The third-order valence-electron chi connectivity index (χ3n) is 5.44. The van der Waals surface area contributed by atoms with E-state index in [1.165, 1.54) is 0 Å². The zero-order valence-electron chi connectivity index (χ0n) is 12.9. The number of nitrogens with zero attached hydrogens (tertiary/aromatic N) is 1. The standard InChI is InChI=1S/C17H21Cl2NO3/c18-11-9-12-15(21)13-3-1-2-4-17(13,20-5-7-22-8-6-20)23-16(12)14(19)10-11/h9-10,13,15,21H,1-8H2/t13-,15-,17-/m1/s1. The molecule has 1 aromatic rings. The Labute approximate surface area is 146 Å². The van der Waals surface area contributed by atoms with Crippen LogP contribution in [0.15, 0.2) is 12.1 Å². The van der Waals surface area contributed by atoms with Crippen molar-refractivity contribution in [3.63, 3.8) is 0 Å². The average Bonchev–Trinajstić information content (AvgIpc) is 2.57. The number of aliphatic hydroxyl groups is 1. The van der Waals surface area contributed by atoms with Crippen LogP contribution in [0.25, 0.3) is 0 Å². The van der Waals surface area contributed by atoms with Gasteiger partial charge in [0, 0.05) is 36.0 Å². The summed E-state index contributed by atoms with van der Waals surface area (Å²) in [6.07, 6.45) is 3.47. The number of rotatable bonds is 1. The van der Waals surface area contributed by atoms with Gasteiger partial charge in [-0.2, -0.15) is 0 Å². The summed E-state index contributed by atoms with van der Waals surface area (Å²) in [6.45, 7) is 3.05. The van der Waals surface area contributed by atoms with Gasteiger partial charge in [-0.15, -0.1) is 0 Å².